The number of nitro groups is 1. The minimum absolute atomic E-state index is 0.0409. The van der Waals surface area contributed by atoms with E-state index >= 15 is 0 Å². The molecular formula is C14H19N3O3. The number of para-hydroxylation sites is 1. The topological polar surface area (TPSA) is 76.4 Å². The standard InChI is InChI=1S/C14H19N3O3/c1-8(2)20-12-5-3-4-11(14(12)17(18)19)16-13-9-6-15-7-10(9)13/h3-5,8-10,13,15-16H,6-7H2,1-2H3. The van der Waals surface area contributed by atoms with Gasteiger partial charge in [-0.1, -0.05) is 6.07 Å². The number of piperidine rings is 1. The van der Waals surface area contributed by atoms with Crippen molar-refractivity contribution in [3.63, 3.8) is 0 Å². The Morgan fingerprint density at radius 3 is 2.70 bits per heavy atom. The summed E-state index contributed by atoms with van der Waals surface area (Å²) in [6.07, 6.45) is -0.0894. The highest BCUT2D eigenvalue weighted by Crippen LogP contribution is 2.46. The first-order valence-corrected chi connectivity index (χ1v) is 6.99. The summed E-state index contributed by atoms with van der Waals surface area (Å²) in [5.74, 6) is 1.53. The molecule has 1 heterocycles. The number of fused-ring (bicyclic) bond motifs is 1. The van der Waals surface area contributed by atoms with Gasteiger partial charge in [-0.05, 0) is 37.8 Å². The number of rotatable bonds is 5. The van der Waals surface area contributed by atoms with Crippen molar-refractivity contribution in [2.24, 2.45) is 11.8 Å². The molecule has 2 unspecified atom stereocenters. The third kappa shape index (κ3) is 2.31. The molecule has 20 heavy (non-hydrogen) atoms. The van der Waals surface area contributed by atoms with Gasteiger partial charge in [0.2, 0.25) is 0 Å². The van der Waals surface area contributed by atoms with Crippen molar-refractivity contribution in [3.8, 4) is 5.75 Å². The van der Waals surface area contributed by atoms with Crippen molar-refractivity contribution in [1.29, 1.82) is 0 Å². The Bertz CT molecular complexity index is 522. The van der Waals surface area contributed by atoms with Crippen LogP contribution < -0.4 is 15.4 Å². The maximum atomic E-state index is 11.3. The van der Waals surface area contributed by atoms with E-state index in [2.05, 4.69) is 10.6 Å². The average Bonchev–Trinajstić information content (AvgIpc) is 2.82. The van der Waals surface area contributed by atoms with E-state index in [0.717, 1.165) is 13.1 Å². The van der Waals surface area contributed by atoms with Gasteiger partial charge in [-0.15, -0.1) is 0 Å². The van der Waals surface area contributed by atoms with Gasteiger partial charge >= 0.3 is 5.69 Å². The SMILES string of the molecule is CC(C)Oc1cccc(NC2C3CNCC32)c1[N+](=O)[O-]. The van der Waals surface area contributed by atoms with E-state index in [1.165, 1.54) is 0 Å². The maximum absolute atomic E-state index is 11.3. The van der Waals surface area contributed by atoms with Crippen molar-refractivity contribution < 1.29 is 9.66 Å². The van der Waals surface area contributed by atoms with Gasteiger partial charge in [0.15, 0.2) is 5.75 Å². The predicted octanol–water partition coefficient (Wildman–Crippen LogP) is 2.01. The van der Waals surface area contributed by atoms with Crippen molar-refractivity contribution in [1.82, 2.24) is 5.32 Å². The molecule has 6 heteroatoms. The molecule has 1 aromatic carbocycles. The molecule has 1 aromatic rings. The molecule has 108 valence electrons. The predicted molar refractivity (Wildman–Crippen MR) is 76.1 cm³/mol. The summed E-state index contributed by atoms with van der Waals surface area (Å²) in [5.41, 5.74) is 0.603. The van der Waals surface area contributed by atoms with Crippen molar-refractivity contribution in [2.45, 2.75) is 26.0 Å². The van der Waals surface area contributed by atoms with E-state index in [9.17, 15) is 10.1 Å². The lowest BCUT2D eigenvalue weighted by atomic mass is 10.2. The number of nitrogens with zero attached hydrogens (tertiary/aromatic N) is 1. The molecule has 0 amide bonds. The van der Waals surface area contributed by atoms with Crippen LogP contribution in [0.1, 0.15) is 13.8 Å². The fourth-order valence-electron chi connectivity index (χ4n) is 2.99. The van der Waals surface area contributed by atoms with Crippen LogP contribution in [0, 0.1) is 22.0 Å². The van der Waals surface area contributed by atoms with Crippen LogP contribution in [0.4, 0.5) is 11.4 Å². The molecule has 0 aromatic heterocycles. The summed E-state index contributed by atoms with van der Waals surface area (Å²) in [6.45, 7) is 5.72. The lowest BCUT2D eigenvalue weighted by molar-refractivity contribution is -0.385. The molecule has 3 rings (SSSR count). The number of hydrogen-bond acceptors (Lipinski definition) is 5. The third-order valence-electron chi connectivity index (χ3n) is 3.96. The first-order chi connectivity index (χ1) is 9.58. The molecule has 1 aliphatic heterocycles. The number of nitro benzene ring substituents is 1. The van der Waals surface area contributed by atoms with Crippen LogP contribution in [0.5, 0.6) is 5.75 Å². The molecule has 0 spiro atoms. The van der Waals surface area contributed by atoms with Crippen LogP contribution in [0.25, 0.3) is 0 Å². The summed E-state index contributed by atoms with van der Waals surface area (Å²) in [6, 6.07) is 5.55. The summed E-state index contributed by atoms with van der Waals surface area (Å²) in [5, 5.41) is 18.0. The van der Waals surface area contributed by atoms with Crippen LogP contribution in [0.3, 0.4) is 0 Å². The summed E-state index contributed by atoms with van der Waals surface area (Å²) < 4.78 is 5.55. The fraction of sp³-hybridized carbons (Fsp3) is 0.571. The molecule has 6 nitrogen and oxygen atoms in total. The molecule has 2 N–H and O–H groups in total. The second-order valence-electron chi connectivity index (χ2n) is 5.73. The quantitative estimate of drug-likeness (QED) is 0.636. The lowest BCUT2D eigenvalue weighted by Crippen LogP contribution is -2.21. The van der Waals surface area contributed by atoms with Crippen LogP contribution in [-0.4, -0.2) is 30.2 Å². The zero-order valence-electron chi connectivity index (χ0n) is 11.6. The van der Waals surface area contributed by atoms with Gasteiger partial charge in [-0.3, -0.25) is 10.1 Å². The second-order valence-corrected chi connectivity index (χ2v) is 5.73. The fourth-order valence-corrected chi connectivity index (χ4v) is 2.99. The Kier molecular flexibility index (Phi) is 3.25. The Morgan fingerprint density at radius 1 is 1.40 bits per heavy atom. The Labute approximate surface area is 117 Å². The molecular weight excluding hydrogens is 258 g/mol. The molecule has 1 aliphatic carbocycles. The minimum atomic E-state index is -0.365. The van der Waals surface area contributed by atoms with Gasteiger partial charge in [0, 0.05) is 19.1 Å². The maximum Gasteiger partial charge on any atom is 0.333 e. The normalized spacial score (nSPS) is 27.2. The molecule has 2 atom stereocenters. The van der Waals surface area contributed by atoms with Crippen molar-refractivity contribution in [3.05, 3.63) is 28.3 Å². The van der Waals surface area contributed by atoms with E-state index in [1.807, 2.05) is 13.8 Å². The number of hydrogen-bond donors (Lipinski definition) is 2. The van der Waals surface area contributed by atoms with Gasteiger partial charge in [0.1, 0.15) is 5.69 Å². The van der Waals surface area contributed by atoms with E-state index in [-0.39, 0.29) is 16.7 Å². The summed E-state index contributed by atoms with van der Waals surface area (Å²) in [4.78, 5) is 11.0. The van der Waals surface area contributed by atoms with Gasteiger partial charge in [0.05, 0.1) is 11.0 Å². The number of anilines is 1. The lowest BCUT2D eigenvalue weighted by Gasteiger charge is -2.14. The smallest absolute Gasteiger partial charge is 0.333 e. The van der Waals surface area contributed by atoms with Crippen LogP contribution in [-0.2, 0) is 0 Å². The third-order valence-corrected chi connectivity index (χ3v) is 3.96. The molecule has 2 fully saturated rings. The molecule has 1 saturated heterocycles. The molecule has 1 saturated carbocycles. The van der Waals surface area contributed by atoms with E-state index in [4.69, 9.17) is 4.74 Å². The highest BCUT2D eigenvalue weighted by molar-refractivity contribution is 5.69. The Hall–Kier alpha value is -1.82. The second kappa shape index (κ2) is 4.94. The van der Waals surface area contributed by atoms with E-state index < -0.39 is 0 Å². The van der Waals surface area contributed by atoms with Crippen LogP contribution in [0.15, 0.2) is 18.2 Å². The minimum Gasteiger partial charge on any atom is -0.484 e. The average molecular weight is 277 g/mol. The van der Waals surface area contributed by atoms with Crippen molar-refractivity contribution >= 4 is 11.4 Å². The van der Waals surface area contributed by atoms with E-state index in [0.29, 0.717) is 29.3 Å². The largest absolute Gasteiger partial charge is 0.484 e. The number of ether oxygens (including phenoxy) is 1. The van der Waals surface area contributed by atoms with Crippen LogP contribution in [0.2, 0.25) is 0 Å². The van der Waals surface area contributed by atoms with E-state index in [1.54, 1.807) is 18.2 Å². The highest BCUT2D eigenvalue weighted by atomic mass is 16.6. The summed E-state index contributed by atoms with van der Waals surface area (Å²) >= 11 is 0. The van der Waals surface area contributed by atoms with Crippen molar-refractivity contribution in [2.75, 3.05) is 18.4 Å². The van der Waals surface area contributed by atoms with Gasteiger partial charge < -0.3 is 15.4 Å². The van der Waals surface area contributed by atoms with Gasteiger partial charge in [-0.2, -0.15) is 0 Å². The summed E-state index contributed by atoms with van der Waals surface area (Å²) in [7, 11) is 0. The van der Waals surface area contributed by atoms with Crippen LogP contribution >= 0.6 is 0 Å². The zero-order chi connectivity index (χ0) is 14.3. The molecule has 0 bridgehead atoms. The molecule has 2 aliphatic rings. The number of nitrogens with one attached hydrogen (secondary N) is 2. The Morgan fingerprint density at radius 2 is 2.10 bits per heavy atom. The number of benzene rings is 1. The first kappa shape index (κ1) is 13.2. The first-order valence-electron chi connectivity index (χ1n) is 6.99. The molecule has 0 radical (unpaired) electrons. The highest BCUT2D eigenvalue weighted by Gasteiger charge is 2.53. The monoisotopic (exact) mass is 277 g/mol. The Balaban J connectivity index is 1.84. The van der Waals surface area contributed by atoms with Gasteiger partial charge in [0.25, 0.3) is 0 Å². The zero-order valence-corrected chi connectivity index (χ0v) is 11.6. The van der Waals surface area contributed by atoms with Gasteiger partial charge in [-0.25, -0.2) is 0 Å².